The fourth-order valence-electron chi connectivity index (χ4n) is 3.63. The molecule has 4 rings (SSSR count). The molecule has 0 unspecified atom stereocenters. The smallest absolute Gasteiger partial charge is 0.292 e. The summed E-state index contributed by atoms with van der Waals surface area (Å²) in [7, 11) is 0. The van der Waals surface area contributed by atoms with Crippen molar-refractivity contribution in [3.63, 3.8) is 0 Å². The van der Waals surface area contributed by atoms with Gasteiger partial charge in [0.25, 0.3) is 5.56 Å². The zero-order valence-electron chi connectivity index (χ0n) is 15.4. The molecule has 0 amide bonds. The van der Waals surface area contributed by atoms with E-state index < -0.39 is 58.5 Å². The van der Waals surface area contributed by atoms with Crippen LogP contribution < -0.4 is 11.2 Å². The van der Waals surface area contributed by atoms with E-state index in [9.17, 15) is 40.3 Å². The molecule has 1 aromatic carbocycles. The first-order valence-electron chi connectivity index (χ1n) is 9.02. The second kappa shape index (κ2) is 6.95. The first-order chi connectivity index (χ1) is 14.3. The number of rotatable bonds is 4. The van der Waals surface area contributed by atoms with E-state index in [4.69, 9.17) is 0 Å². The van der Waals surface area contributed by atoms with Crippen LogP contribution in [0.25, 0.3) is 11.0 Å². The molecule has 0 bridgehead atoms. The van der Waals surface area contributed by atoms with Crippen LogP contribution in [0.15, 0.2) is 27.8 Å². The molecule has 1 aliphatic rings. The highest BCUT2D eigenvalue weighted by Crippen LogP contribution is 2.45. The van der Waals surface area contributed by atoms with Gasteiger partial charge in [-0.05, 0) is 36.5 Å². The molecule has 0 spiro atoms. The van der Waals surface area contributed by atoms with Crippen LogP contribution in [0.5, 0.6) is 0 Å². The number of halogens is 7. The van der Waals surface area contributed by atoms with Crippen molar-refractivity contribution in [1.29, 1.82) is 0 Å². The molecule has 2 N–H and O–H groups in total. The van der Waals surface area contributed by atoms with Crippen molar-refractivity contribution < 1.29 is 30.7 Å². The minimum Gasteiger partial charge on any atom is -0.292 e. The number of alkyl halides is 6. The van der Waals surface area contributed by atoms with Gasteiger partial charge in [0.05, 0.1) is 23.7 Å². The number of aromatic amines is 2. The molecule has 1 saturated carbocycles. The van der Waals surface area contributed by atoms with Gasteiger partial charge in [0, 0.05) is 0 Å². The van der Waals surface area contributed by atoms with E-state index >= 15 is 0 Å². The number of nitrogens with one attached hydrogen (secondary N) is 2. The number of nitrogens with zero attached hydrogens (tertiary/aromatic N) is 2. The number of hydrogen-bond acceptors (Lipinski definition) is 3. The molecule has 0 aliphatic heterocycles. The Hall–Kier alpha value is -3.12. The van der Waals surface area contributed by atoms with Crippen molar-refractivity contribution in [1.82, 2.24) is 19.7 Å². The first kappa shape index (κ1) is 21.1. The summed E-state index contributed by atoms with van der Waals surface area (Å²) >= 11 is 0. The third-order valence-electron chi connectivity index (χ3n) is 5.01. The average Bonchev–Trinajstić information content (AvgIpc) is 3.36. The predicted octanol–water partition coefficient (Wildman–Crippen LogP) is 3.68. The van der Waals surface area contributed by atoms with Gasteiger partial charge in [-0.3, -0.25) is 14.8 Å². The van der Waals surface area contributed by atoms with Gasteiger partial charge in [0.2, 0.25) is 0 Å². The fraction of sp³-hybridized carbons (Fsp3) is 0.389. The minimum absolute atomic E-state index is 0.0251. The Kier molecular flexibility index (Phi) is 4.74. The van der Waals surface area contributed by atoms with Gasteiger partial charge < -0.3 is 0 Å². The number of fused-ring (bicyclic) bond motifs is 1. The van der Waals surface area contributed by atoms with Crippen molar-refractivity contribution in [2.75, 3.05) is 0 Å². The maximum absolute atomic E-state index is 14.2. The van der Waals surface area contributed by atoms with Gasteiger partial charge in [0.15, 0.2) is 0 Å². The van der Waals surface area contributed by atoms with E-state index in [0.717, 1.165) is 10.7 Å². The molecule has 0 radical (unpaired) electrons. The van der Waals surface area contributed by atoms with E-state index in [-0.39, 0.29) is 17.1 Å². The van der Waals surface area contributed by atoms with Gasteiger partial charge in [-0.25, -0.2) is 13.9 Å². The molecular formula is C18H13F7N4O2. The summed E-state index contributed by atoms with van der Waals surface area (Å²) in [6, 6.07) is 1.22. The van der Waals surface area contributed by atoms with E-state index in [1.165, 1.54) is 0 Å². The molecular weight excluding hydrogens is 437 g/mol. The molecule has 166 valence electrons. The van der Waals surface area contributed by atoms with Gasteiger partial charge >= 0.3 is 18.0 Å². The molecule has 2 heterocycles. The van der Waals surface area contributed by atoms with Crippen molar-refractivity contribution in [2.24, 2.45) is 5.92 Å². The lowest BCUT2D eigenvalue weighted by Crippen LogP contribution is -2.24. The summed E-state index contributed by atoms with van der Waals surface area (Å²) in [5, 5.41) is 3.39. The second-order valence-corrected chi connectivity index (χ2v) is 7.33. The predicted molar refractivity (Wildman–Crippen MR) is 93.0 cm³/mol. The molecule has 2 aromatic heterocycles. The summed E-state index contributed by atoms with van der Waals surface area (Å²) in [5.74, 6) is -1.82. The Labute approximate surface area is 167 Å². The zero-order valence-corrected chi connectivity index (χ0v) is 15.4. The fourth-order valence-corrected chi connectivity index (χ4v) is 3.63. The number of aromatic nitrogens is 4. The quantitative estimate of drug-likeness (QED) is 0.595. The Morgan fingerprint density at radius 2 is 1.77 bits per heavy atom. The van der Waals surface area contributed by atoms with Crippen LogP contribution in [0.3, 0.4) is 0 Å². The molecule has 31 heavy (non-hydrogen) atoms. The summed E-state index contributed by atoms with van der Waals surface area (Å²) in [4.78, 5) is 28.0. The van der Waals surface area contributed by atoms with Gasteiger partial charge in [-0.15, -0.1) is 0 Å². The molecule has 6 nitrogen and oxygen atoms in total. The third kappa shape index (κ3) is 4.08. The molecule has 1 atom stereocenters. The van der Waals surface area contributed by atoms with Crippen LogP contribution in [0.4, 0.5) is 30.7 Å². The van der Waals surface area contributed by atoms with E-state index in [2.05, 4.69) is 10.1 Å². The number of benzene rings is 1. The SMILES string of the molecule is O=c1[nH]c(=O)c2c(CC(F)(F)F)nn([C@H](c3ccc(C(F)(F)F)c(F)c3)C3CC3)c2[nH]1. The molecule has 1 aliphatic carbocycles. The molecule has 0 saturated heterocycles. The number of hydrogen-bond donors (Lipinski definition) is 2. The van der Waals surface area contributed by atoms with Crippen LogP contribution in [-0.2, 0) is 12.6 Å². The maximum atomic E-state index is 14.2. The zero-order chi connectivity index (χ0) is 22.7. The van der Waals surface area contributed by atoms with Crippen molar-refractivity contribution >= 4 is 11.0 Å². The summed E-state index contributed by atoms with van der Waals surface area (Å²) in [5.41, 5.74) is -4.51. The van der Waals surface area contributed by atoms with Crippen LogP contribution in [0.1, 0.15) is 35.7 Å². The van der Waals surface area contributed by atoms with E-state index in [1.807, 2.05) is 4.98 Å². The van der Waals surface area contributed by atoms with Crippen LogP contribution in [0, 0.1) is 11.7 Å². The van der Waals surface area contributed by atoms with Crippen LogP contribution in [-0.4, -0.2) is 25.9 Å². The normalized spacial score (nSPS) is 16.1. The Morgan fingerprint density at radius 1 is 1.10 bits per heavy atom. The summed E-state index contributed by atoms with van der Waals surface area (Å²) in [6.07, 6.45) is -10.1. The van der Waals surface area contributed by atoms with Gasteiger partial charge in [0.1, 0.15) is 16.9 Å². The average molecular weight is 450 g/mol. The maximum Gasteiger partial charge on any atom is 0.419 e. The van der Waals surface area contributed by atoms with Crippen molar-refractivity contribution in [2.45, 2.75) is 37.7 Å². The third-order valence-corrected chi connectivity index (χ3v) is 5.01. The Balaban J connectivity index is 1.92. The minimum atomic E-state index is -4.92. The van der Waals surface area contributed by atoms with Crippen molar-refractivity contribution in [3.05, 3.63) is 61.7 Å². The lowest BCUT2D eigenvalue weighted by molar-refractivity contribution is -0.140. The number of H-pyrrole nitrogens is 2. The van der Waals surface area contributed by atoms with Crippen molar-refractivity contribution in [3.8, 4) is 0 Å². The monoisotopic (exact) mass is 450 g/mol. The highest BCUT2D eigenvalue weighted by atomic mass is 19.4. The lowest BCUT2D eigenvalue weighted by Gasteiger charge is -2.19. The molecule has 13 heteroatoms. The molecule has 3 aromatic rings. The van der Waals surface area contributed by atoms with E-state index in [0.29, 0.717) is 25.0 Å². The molecule has 1 fully saturated rings. The largest absolute Gasteiger partial charge is 0.419 e. The van der Waals surface area contributed by atoms with Gasteiger partial charge in [-0.2, -0.15) is 31.4 Å². The lowest BCUT2D eigenvalue weighted by atomic mass is 10.0. The Bertz CT molecular complexity index is 1270. The topological polar surface area (TPSA) is 83.5 Å². The van der Waals surface area contributed by atoms with Gasteiger partial charge in [-0.1, -0.05) is 6.07 Å². The Morgan fingerprint density at radius 3 is 2.32 bits per heavy atom. The van der Waals surface area contributed by atoms with Crippen LogP contribution in [0.2, 0.25) is 0 Å². The summed E-state index contributed by atoms with van der Waals surface area (Å²) in [6.45, 7) is 0. The second-order valence-electron chi connectivity index (χ2n) is 7.33. The highest BCUT2D eigenvalue weighted by molar-refractivity contribution is 5.77. The van der Waals surface area contributed by atoms with E-state index in [1.54, 1.807) is 0 Å². The summed E-state index contributed by atoms with van der Waals surface area (Å²) < 4.78 is 92.8. The van der Waals surface area contributed by atoms with Crippen LogP contribution >= 0.6 is 0 Å². The standard InChI is InChI=1S/C18H13F7N4O2/c19-10-5-8(3-4-9(10)18(23,24)25)13(7-1-2-7)29-14-12(15(30)27-16(31)26-14)11(28-29)6-17(20,21)22/h3-5,7,13H,1-2,6H2,(H2,26,27,30,31)/t13-/m0/s1. The first-order valence-corrected chi connectivity index (χ1v) is 9.02. The highest BCUT2D eigenvalue weighted by Gasteiger charge is 2.40.